The monoisotopic (exact) mass is 491 g/mol. The molecule has 10 nitrogen and oxygen atoms in total. The van der Waals surface area contributed by atoms with Crippen LogP contribution >= 0.6 is 0 Å². The molecule has 0 atom stereocenters. The number of carbonyl (C=O) groups excluding carboxylic acids is 1. The number of H-pyrrole nitrogens is 1. The molecule has 0 aliphatic heterocycles. The number of fused-ring (bicyclic) bond motifs is 1. The minimum atomic E-state index is -0.648. The summed E-state index contributed by atoms with van der Waals surface area (Å²) in [6, 6.07) is 10.9. The Kier molecular flexibility index (Phi) is 7.35. The van der Waals surface area contributed by atoms with E-state index < -0.39 is 5.91 Å². The standard InChI is InChI=1S/C26H29N5O5/c1-5-7-19-22-23(31(3)29-19)26(33)28-24(27-22)18-13-15(9-11-20(18)36-6-2)12-16-8-10-17(25(32)30-34)21(14-16)35-4/h8-11,13-14,34H,5-7,12H2,1-4H3,(H,30,32)(H,27,28,33). The van der Waals surface area contributed by atoms with Crippen molar-refractivity contribution in [3.63, 3.8) is 0 Å². The summed E-state index contributed by atoms with van der Waals surface area (Å²) in [5.41, 5.74) is 5.92. The van der Waals surface area contributed by atoms with E-state index in [1.807, 2.05) is 25.1 Å². The number of aromatic amines is 1. The number of ether oxygens (including phenoxy) is 2. The van der Waals surface area contributed by atoms with E-state index in [2.05, 4.69) is 17.0 Å². The Morgan fingerprint density at radius 3 is 2.58 bits per heavy atom. The van der Waals surface area contributed by atoms with E-state index in [4.69, 9.17) is 19.7 Å². The van der Waals surface area contributed by atoms with Crippen molar-refractivity contribution in [1.29, 1.82) is 0 Å². The van der Waals surface area contributed by atoms with Gasteiger partial charge >= 0.3 is 0 Å². The fraction of sp³-hybridized carbons (Fsp3) is 0.308. The predicted octanol–water partition coefficient (Wildman–Crippen LogP) is 3.39. The van der Waals surface area contributed by atoms with E-state index in [-0.39, 0.29) is 11.1 Å². The summed E-state index contributed by atoms with van der Waals surface area (Å²) < 4.78 is 12.8. The van der Waals surface area contributed by atoms with E-state index in [0.717, 1.165) is 29.7 Å². The van der Waals surface area contributed by atoms with Gasteiger partial charge in [0.05, 0.1) is 30.5 Å². The van der Waals surface area contributed by atoms with Crippen LogP contribution in [0.15, 0.2) is 41.2 Å². The van der Waals surface area contributed by atoms with Crippen LogP contribution < -0.4 is 20.5 Å². The van der Waals surface area contributed by atoms with Crippen molar-refractivity contribution in [3.05, 3.63) is 69.1 Å². The Balaban J connectivity index is 1.78. The van der Waals surface area contributed by atoms with Gasteiger partial charge in [-0.25, -0.2) is 10.5 Å². The Bertz CT molecular complexity index is 1470. The largest absolute Gasteiger partial charge is 0.496 e. The van der Waals surface area contributed by atoms with Crippen molar-refractivity contribution in [1.82, 2.24) is 25.2 Å². The highest BCUT2D eigenvalue weighted by Crippen LogP contribution is 2.31. The summed E-state index contributed by atoms with van der Waals surface area (Å²) in [6.45, 7) is 4.41. The SMILES string of the molecule is CCCc1nn(C)c2c(=O)[nH]c(-c3cc(Cc4ccc(C(=O)NO)c(OC)c4)ccc3OCC)nc12. The van der Waals surface area contributed by atoms with Gasteiger partial charge in [-0.15, -0.1) is 0 Å². The highest BCUT2D eigenvalue weighted by molar-refractivity contribution is 5.96. The lowest BCUT2D eigenvalue weighted by Crippen LogP contribution is -2.19. The molecule has 4 rings (SSSR count). The molecule has 36 heavy (non-hydrogen) atoms. The molecule has 0 saturated heterocycles. The minimum Gasteiger partial charge on any atom is -0.496 e. The zero-order chi connectivity index (χ0) is 25.8. The Hall–Kier alpha value is -4.18. The molecule has 0 aliphatic rings. The molecule has 188 valence electrons. The van der Waals surface area contributed by atoms with Gasteiger partial charge in [0.2, 0.25) is 0 Å². The van der Waals surface area contributed by atoms with Crippen LogP contribution in [0.4, 0.5) is 0 Å². The second-order valence-corrected chi connectivity index (χ2v) is 8.35. The minimum absolute atomic E-state index is 0.227. The first-order valence-corrected chi connectivity index (χ1v) is 11.7. The number of rotatable bonds is 9. The number of carbonyl (C=O) groups is 1. The van der Waals surface area contributed by atoms with E-state index in [0.29, 0.717) is 46.9 Å². The molecule has 0 radical (unpaired) electrons. The van der Waals surface area contributed by atoms with Crippen molar-refractivity contribution < 1.29 is 19.5 Å². The van der Waals surface area contributed by atoms with Crippen LogP contribution in [0.1, 0.15) is 47.4 Å². The summed E-state index contributed by atoms with van der Waals surface area (Å²) in [7, 11) is 3.21. The normalized spacial score (nSPS) is 11.0. The van der Waals surface area contributed by atoms with Crippen molar-refractivity contribution in [2.45, 2.75) is 33.1 Å². The second-order valence-electron chi connectivity index (χ2n) is 8.35. The molecule has 2 aromatic carbocycles. The zero-order valence-corrected chi connectivity index (χ0v) is 20.7. The van der Waals surface area contributed by atoms with Gasteiger partial charge in [-0.2, -0.15) is 5.10 Å². The number of hydroxylamine groups is 1. The van der Waals surface area contributed by atoms with Crippen molar-refractivity contribution in [2.75, 3.05) is 13.7 Å². The Labute approximate surface area is 207 Å². The van der Waals surface area contributed by atoms with Gasteiger partial charge < -0.3 is 14.5 Å². The van der Waals surface area contributed by atoms with Crippen LogP contribution in [0, 0.1) is 0 Å². The van der Waals surface area contributed by atoms with Crippen LogP contribution in [0.25, 0.3) is 22.4 Å². The van der Waals surface area contributed by atoms with Crippen molar-refractivity contribution in [3.8, 4) is 22.9 Å². The third-order valence-electron chi connectivity index (χ3n) is 5.87. The molecule has 0 saturated carbocycles. The van der Waals surface area contributed by atoms with Gasteiger partial charge in [0.25, 0.3) is 11.5 Å². The summed E-state index contributed by atoms with van der Waals surface area (Å²) in [5.74, 6) is 0.722. The first kappa shape index (κ1) is 24.9. The van der Waals surface area contributed by atoms with Crippen molar-refractivity contribution in [2.24, 2.45) is 7.05 Å². The third kappa shape index (κ3) is 4.80. The lowest BCUT2D eigenvalue weighted by Gasteiger charge is -2.13. The van der Waals surface area contributed by atoms with E-state index in [9.17, 15) is 9.59 Å². The van der Waals surface area contributed by atoms with Crippen molar-refractivity contribution >= 4 is 16.9 Å². The maximum absolute atomic E-state index is 13.0. The molecular formula is C26H29N5O5. The molecular weight excluding hydrogens is 462 g/mol. The molecule has 0 bridgehead atoms. The van der Waals surface area contributed by atoms with E-state index in [1.54, 1.807) is 35.4 Å². The average molecular weight is 492 g/mol. The Morgan fingerprint density at radius 1 is 1.14 bits per heavy atom. The molecule has 3 N–H and O–H groups in total. The maximum Gasteiger partial charge on any atom is 0.278 e. The average Bonchev–Trinajstić information content (AvgIpc) is 3.20. The fourth-order valence-corrected chi connectivity index (χ4v) is 4.26. The highest BCUT2D eigenvalue weighted by Gasteiger charge is 2.18. The van der Waals surface area contributed by atoms with Crippen LogP contribution in [0.2, 0.25) is 0 Å². The van der Waals surface area contributed by atoms with E-state index >= 15 is 0 Å². The van der Waals surface area contributed by atoms with E-state index in [1.165, 1.54) is 7.11 Å². The quantitative estimate of drug-likeness (QED) is 0.242. The summed E-state index contributed by atoms with van der Waals surface area (Å²) in [5, 5.41) is 13.4. The van der Waals surface area contributed by atoms with Crippen LogP contribution in [-0.4, -0.2) is 44.6 Å². The topological polar surface area (TPSA) is 131 Å². The number of methoxy groups -OCH3 is 1. The molecule has 0 unspecified atom stereocenters. The number of aryl methyl sites for hydroxylation is 2. The molecule has 2 heterocycles. The predicted molar refractivity (Wildman–Crippen MR) is 135 cm³/mol. The van der Waals surface area contributed by atoms with Gasteiger partial charge in [-0.05, 0) is 55.2 Å². The molecule has 0 aliphatic carbocycles. The smallest absolute Gasteiger partial charge is 0.278 e. The van der Waals surface area contributed by atoms with Crippen LogP contribution in [0.5, 0.6) is 11.5 Å². The summed E-state index contributed by atoms with van der Waals surface area (Å²) >= 11 is 0. The number of hydrogen-bond acceptors (Lipinski definition) is 7. The van der Waals surface area contributed by atoms with Gasteiger partial charge in [0, 0.05) is 7.05 Å². The lowest BCUT2D eigenvalue weighted by atomic mass is 10.00. The molecule has 10 heteroatoms. The molecule has 0 spiro atoms. The fourth-order valence-electron chi connectivity index (χ4n) is 4.26. The first-order valence-electron chi connectivity index (χ1n) is 11.7. The molecule has 0 fully saturated rings. The van der Waals surface area contributed by atoms with Gasteiger partial charge in [0.15, 0.2) is 5.52 Å². The molecule has 4 aromatic rings. The van der Waals surface area contributed by atoms with Gasteiger partial charge in [-0.1, -0.05) is 25.5 Å². The number of hydrogen-bond donors (Lipinski definition) is 3. The molecule has 1 amide bonds. The zero-order valence-electron chi connectivity index (χ0n) is 20.7. The summed E-state index contributed by atoms with van der Waals surface area (Å²) in [4.78, 5) is 32.5. The number of amides is 1. The van der Waals surface area contributed by atoms with Gasteiger partial charge in [-0.3, -0.25) is 19.5 Å². The van der Waals surface area contributed by atoms with Gasteiger partial charge in [0.1, 0.15) is 22.8 Å². The number of benzene rings is 2. The third-order valence-corrected chi connectivity index (χ3v) is 5.87. The summed E-state index contributed by atoms with van der Waals surface area (Å²) in [6.07, 6.45) is 2.13. The lowest BCUT2D eigenvalue weighted by molar-refractivity contribution is 0.0703. The number of nitrogens with zero attached hydrogens (tertiary/aromatic N) is 3. The second kappa shape index (κ2) is 10.6. The first-order chi connectivity index (χ1) is 17.4. The highest BCUT2D eigenvalue weighted by atomic mass is 16.5. The Morgan fingerprint density at radius 2 is 1.89 bits per heavy atom. The van der Waals surface area contributed by atoms with Crippen LogP contribution in [-0.2, 0) is 19.9 Å². The molecule has 2 aromatic heterocycles. The number of aromatic nitrogens is 4. The maximum atomic E-state index is 13.0. The van der Waals surface area contributed by atoms with Crippen LogP contribution in [0.3, 0.4) is 0 Å². The number of nitrogens with one attached hydrogen (secondary N) is 2.